The highest BCUT2D eigenvalue weighted by atomic mass is 15.1. The standard InChI is InChI=1S/C12H21N3/c1-4-5-10(2)15(3)9-12-8-11(13)6-7-14-12/h6-8,10H,4-5,9H2,1-3H3,(H2,13,14). The van der Waals surface area contributed by atoms with E-state index in [9.17, 15) is 0 Å². The number of hydrogen-bond donors (Lipinski definition) is 1. The first kappa shape index (κ1) is 12.0. The molecular formula is C12H21N3. The Labute approximate surface area is 92.3 Å². The molecule has 1 unspecified atom stereocenters. The van der Waals surface area contributed by atoms with Gasteiger partial charge >= 0.3 is 0 Å². The fourth-order valence-electron chi connectivity index (χ4n) is 1.63. The van der Waals surface area contributed by atoms with Gasteiger partial charge in [0, 0.05) is 24.5 Å². The molecule has 0 aliphatic rings. The zero-order chi connectivity index (χ0) is 11.3. The van der Waals surface area contributed by atoms with Crippen LogP contribution in [-0.4, -0.2) is 23.0 Å². The highest BCUT2D eigenvalue weighted by Crippen LogP contribution is 2.10. The van der Waals surface area contributed by atoms with E-state index in [-0.39, 0.29) is 0 Å². The Bertz CT molecular complexity index is 299. The molecule has 0 amide bonds. The smallest absolute Gasteiger partial charge is 0.0564 e. The summed E-state index contributed by atoms with van der Waals surface area (Å²) in [4.78, 5) is 6.61. The van der Waals surface area contributed by atoms with Crippen molar-refractivity contribution in [3.05, 3.63) is 24.0 Å². The summed E-state index contributed by atoms with van der Waals surface area (Å²) >= 11 is 0. The van der Waals surface area contributed by atoms with Crippen LogP contribution in [0.25, 0.3) is 0 Å². The molecule has 3 heteroatoms. The van der Waals surface area contributed by atoms with Gasteiger partial charge in [-0.15, -0.1) is 0 Å². The minimum Gasteiger partial charge on any atom is -0.399 e. The molecule has 2 N–H and O–H groups in total. The molecule has 0 aliphatic carbocycles. The number of nitrogen functional groups attached to an aromatic ring is 1. The SMILES string of the molecule is CCCC(C)N(C)Cc1cc(N)ccn1. The average molecular weight is 207 g/mol. The Morgan fingerprint density at radius 1 is 1.53 bits per heavy atom. The van der Waals surface area contributed by atoms with Crippen molar-refractivity contribution in [2.45, 2.75) is 39.3 Å². The largest absolute Gasteiger partial charge is 0.399 e. The van der Waals surface area contributed by atoms with Crippen LogP contribution in [0.15, 0.2) is 18.3 Å². The number of aromatic nitrogens is 1. The van der Waals surface area contributed by atoms with Gasteiger partial charge in [-0.25, -0.2) is 0 Å². The van der Waals surface area contributed by atoms with E-state index in [1.54, 1.807) is 6.20 Å². The van der Waals surface area contributed by atoms with Crippen molar-refractivity contribution in [2.24, 2.45) is 0 Å². The van der Waals surface area contributed by atoms with Crippen LogP contribution in [0.5, 0.6) is 0 Å². The fraction of sp³-hybridized carbons (Fsp3) is 0.583. The first-order valence-corrected chi connectivity index (χ1v) is 5.54. The molecule has 0 aromatic carbocycles. The van der Waals surface area contributed by atoms with Gasteiger partial charge in [0.25, 0.3) is 0 Å². The van der Waals surface area contributed by atoms with Crippen molar-refractivity contribution >= 4 is 5.69 Å². The lowest BCUT2D eigenvalue weighted by molar-refractivity contribution is 0.234. The maximum absolute atomic E-state index is 5.71. The lowest BCUT2D eigenvalue weighted by Crippen LogP contribution is -2.28. The van der Waals surface area contributed by atoms with Crippen LogP contribution in [0.2, 0.25) is 0 Å². The van der Waals surface area contributed by atoms with E-state index >= 15 is 0 Å². The number of hydrogen-bond acceptors (Lipinski definition) is 3. The van der Waals surface area contributed by atoms with Gasteiger partial charge in [-0.1, -0.05) is 13.3 Å². The van der Waals surface area contributed by atoms with E-state index in [1.165, 1.54) is 12.8 Å². The molecule has 0 aliphatic heterocycles. The molecule has 15 heavy (non-hydrogen) atoms. The Balaban J connectivity index is 2.54. The second-order valence-corrected chi connectivity index (χ2v) is 4.13. The Hall–Kier alpha value is -1.09. The lowest BCUT2D eigenvalue weighted by atomic mass is 10.1. The molecule has 84 valence electrons. The Morgan fingerprint density at radius 3 is 2.87 bits per heavy atom. The first-order valence-electron chi connectivity index (χ1n) is 5.54. The van der Waals surface area contributed by atoms with Gasteiger partial charge in [-0.3, -0.25) is 9.88 Å². The maximum atomic E-state index is 5.71. The normalized spacial score (nSPS) is 13.1. The van der Waals surface area contributed by atoms with Gasteiger partial charge in [-0.05, 0) is 32.5 Å². The van der Waals surface area contributed by atoms with Gasteiger partial charge < -0.3 is 5.73 Å². The second-order valence-electron chi connectivity index (χ2n) is 4.13. The maximum Gasteiger partial charge on any atom is 0.0564 e. The van der Waals surface area contributed by atoms with Gasteiger partial charge in [-0.2, -0.15) is 0 Å². The van der Waals surface area contributed by atoms with Crippen LogP contribution in [0.4, 0.5) is 5.69 Å². The molecular weight excluding hydrogens is 186 g/mol. The summed E-state index contributed by atoms with van der Waals surface area (Å²) in [5.74, 6) is 0. The first-order chi connectivity index (χ1) is 7.13. The molecule has 0 spiro atoms. The molecule has 1 aromatic heterocycles. The molecule has 1 rings (SSSR count). The summed E-state index contributed by atoms with van der Waals surface area (Å²) in [6, 6.07) is 4.35. The molecule has 3 nitrogen and oxygen atoms in total. The van der Waals surface area contributed by atoms with Crippen molar-refractivity contribution < 1.29 is 0 Å². The van der Waals surface area contributed by atoms with E-state index in [2.05, 4.69) is 30.8 Å². The number of nitrogens with zero attached hydrogens (tertiary/aromatic N) is 2. The summed E-state index contributed by atoms with van der Waals surface area (Å²) in [7, 11) is 2.13. The van der Waals surface area contributed by atoms with Crippen molar-refractivity contribution in [1.82, 2.24) is 9.88 Å². The number of anilines is 1. The van der Waals surface area contributed by atoms with E-state index in [0.29, 0.717) is 6.04 Å². The van der Waals surface area contributed by atoms with Crippen molar-refractivity contribution in [1.29, 1.82) is 0 Å². The third kappa shape index (κ3) is 3.88. The van der Waals surface area contributed by atoms with Crippen molar-refractivity contribution in [3.8, 4) is 0 Å². The van der Waals surface area contributed by atoms with Crippen molar-refractivity contribution in [3.63, 3.8) is 0 Å². The molecule has 0 fully saturated rings. The minimum atomic E-state index is 0.596. The molecule has 0 radical (unpaired) electrons. The summed E-state index contributed by atoms with van der Waals surface area (Å²) in [5.41, 5.74) is 7.54. The highest BCUT2D eigenvalue weighted by Gasteiger charge is 2.08. The Morgan fingerprint density at radius 2 is 2.27 bits per heavy atom. The van der Waals surface area contributed by atoms with E-state index in [1.807, 2.05) is 12.1 Å². The second kappa shape index (κ2) is 5.71. The summed E-state index contributed by atoms with van der Waals surface area (Å²) in [6.07, 6.45) is 4.21. The highest BCUT2D eigenvalue weighted by molar-refractivity contribution is 5.37. The number of rotatable bonds is 5. The zero-order valence-electron chi connectivity index (χ0n) is 9.90. The van der Waals surface area contributed by atoms with Crippen LogP contribution in [0, 0.1) is 0 Å². The van der Waals surface area contributed by atoms with Gasteiger partial charge in [0.1, 0.15) is 0 Å². The van der Waals surface area contributed by atoms with Crippen LogP contribution in [-0.2, 0) is 6.54 Å². The van der Waals surface area contributed by atoms with Gasteiger partial charge in [0.15, 0.2) is 0 Å². The lowest BCUT2D eigenvalue weighted by Gasteiger charge is -2.23. The molecule has 0 saturated heterocycles. The van der Waals surface area contributed by atoms with E-state index < -0.39 is 0 Å². The zero-order valence-corrected chi connectivity index (χ0v) is 9.90. The minimum absolute atomic E-state index is 0.596. The molecule has 1 atom stereocenters. The van der Waals surface area contributed by atoms with Crippen molar-refractivity contribution in [2.75, 3.05) is 12.8 Å². The fourth-order valence-corrected chi connectivity index (χ4v) is 1.63. The summed E-state index contributed by atoms with van der Waals surface area (Å²) in [5, 5.41) is 0. The van der Waals surface area contributed by atoms with E-state index in [4.69, 9.17) is 5.73 Å². The quantitative estimate of drug-likeness (QED) is 0.805. The molecule has 1 aromatic rings. The van der Waals surface area contributed by atoms with Crippen LogP contribution in [0.1, 0.15) is 32.4 Å². The third-order valence-corrected chi connectivity index (χ3v) is 2.71. The number of pyridine rings is 1. The third-order valence-electron chi connectivity index (χ3n) is 2.71. The van der Waals surface area contributed by atoms with E-state index in [0.717, 1.165) is 17.9 Å². The monoisotopic (exact) mass is 207 g/mol. The summed E-state index contributed by atoms with van der Waals surface area (Å²) in [6.45, 7) is 5.32. The predicted octanol–water partition coefficient (Wildman–Crippen LogP) is 2.28. The van der Waals surface area contributed by atoms with Gasteiger partial charge in [0.2, 0.25) is 0 Å². The predicted molar refractivity (Wildman–Crippen MR) is 64.5 cm³/mol. The van der Waals surface area contributed by atoms with Crippen LogP contribution < -0.4 is 5.73 Å². The number of nitrogens with two attached hydrogens (primary N) is 1. The molecule has 1 heterocycles. The Kier molecular flexibility index (Phi) is 4.56. The summed E-state index contributed by atoms with van der Waals surface area (Å²) < 4.78 is 0. The molecule has 0 saturated carbocycles. The van der Waals surface area contributed by atoms with Crippen LogP contribution in [0.3, 0.4) is 0 Å². The topological polar surface area (TPSA) is 42.1 Å². The van der Waals surface area contributed by atoms with Crippen LogP contribution >= 0.6 is 0 Å². The van der Waals surface area contributed by atoms with Gasteiger partial charge in [0.05, 0.1) is 5.69 Å². The molecule has 0 bridgehead atoms. The average Bonchev–Trinajstić information content (AvgIpc) is 2.18.